The molecule has 0 saturated heterocycles. The molecule has 0 aliphatic heterocycles. The molecule has 0 fully saturated rings. The first-order chi connectivity index (χ1) is 10.2. The number of ether oxygens (including phenoxy) is 1. The lowest BCUT2D eigenvalue weighted by molar-refractivity contribution is 0.0685. The number of hydrogen-bond donors (Lipinski definition) is 2. The van der Waals surface area contributed by atoms with E-state index in [1.807, 2.05) is 30.3 Å². The Morgan fingerprint density at radius 3 is 2.41 bits per heavy atom. The van der Waals surface area contributed by atoms with Gasteiger partial charge in [0.2, 0.25) is 0 Å². The zero-order chi connectivity index (χ0) is 15.1. The number of hydrogen-bond acceptors (Lipinski definition) is 3. The molecule has 5 heteroatoms. The van der Waals surface area contributed by atoms with E-state index in [4.69, 9.17) is 15.6 Å². The Labute approximate surface area is 136 Å². The first-order valence-corrected chi connectivity index (χ1v) is 6.85. The Morgan fingerprint density at radius 1 is 1.09 bits per heavy atom. The third-order valence-electron chi connectivity index (χ3n) is 3.18. The van der Waals surface area contributed by atoms with Crippen LogP contribution in [-0.2, 0) is 17.8 Å². The van der Waals surface area contributed by atoms with E-state index in [9.17, 15) is 4.79 Å². The van der Waals surface area contributed by atoms with Gasteiger partial charge in [0, 0.05) is 6.04 Å². The molecule has 1 unspecified atom stereocenters. The summed E-state index contributed by atoms with van der Waals surface area (Å²) < 4.78 is 5.56. The van der Waals surface area contributed by atoms with Gasteiger partial charge in [0.25, 0.3) is 0 Å². The van der Waals surface area contributed by atoms with E-state index >= 15 is 0 Å². The maximum atomic E-state index is 11.1. The van der Waals surface area contributed by atoms with E-state index in [0.717, 1.165) is 6.42 Å². The average Bonchev–Trinajstić information content (AvgIpc) is 2.48. The number of carboxylic acids is 1. The number of nitrogens with two attached hydrogens (primary N) is 1. The predicted molar refractivity (Wildman–Crippen MR) is 88.4 cm³/mol. The summed E-state index contributed by atoms with van der Waals surface area (Å²) in [5.74, 6) is -0.942. The Bertz CT molecular complexity index is 589. The van der Waals surface area contributed by atoms with E-state index < -0.39 is 5.97 Å². The molecule has 0 aliphatic carbocycles. The van der Waals surface area contributed by atoms with Crippen molar-refractivity contribution in [2.24, 2.45) is 5.73 Å². The summed E-state index contributed by atoms with van der Waals surface area (Å²) in [6.07, 6.45) is 0.738. The lowest BCUT2D eigenvalue weighted by atomic mass is 10.1. The van der Waals surface area contributed by atoms with Crippen molar-refractivity contribution in [3.05, 3.63) is 71.3 Å². The standard InChI is InChI=1S/C17H19NO3.ClH/c18-15(10-13-6-2-1-3-7-13)12-21-11-14-8-4-5-9-16(14)17(19)20;/h1-9,15H,10-12,18H2,(H,19,20);1H. The lowest BCUT2D eigenvalue weighted by Gasteiger charge is -2.13. The Morgan fingerprint density at radius 2 is 1.73 bits per heavy atom. The van der Waals surface area contributed by atoms with Crippen molar-refractivity contribution >= 4 is 18.4 Å². The molecule has 0 amide bonds. The van der Waals surface area contributed by atoms with Crippen molar-refractivity contribution in [3.63, 3.8) is 0 Å². The fourth-order valence-electron chi connectivity index (χ4n) is 2.15. The molecule has 3 N–H and O–H groups in total. The summed E-state index contributed by atoms with van der Waals surface area (Å²) in [4.78, 5) is 11.1. The monoisotopic (exact) mass is 321 g/mol. The van der Waals surface area contributed by atoms with Gasteiger partial charge in [0.15, 0.2) is 0 Å². The summed E-state index contributed by atoms with van der Waals surface area (Å²) in [6.45, 7) is 0.647. The molecule has 2 aromatic rings. The Balaban J connectivity index is 0.00000242. The molecular weight excluding hydrogens is 302 g/mol. The van der Waals surface area contributed by atoms with Gasteiger partial charge in [0.1, 0.15) is 0 Å². The van der Waals surface area contributed by atoms with Gasteiger partial charge >= 0.3 is 5.97 Å². The molecule has 1 atom stereocenters. The highest BCUT2D eigenvalue weighted by Gasteiger charge is 2.10. The topological polar surface area (TPSA) is 72.5 Å². The highest BCUT2D eigenvalue weighted by atomic mass is 35.5. The van der Waals surface area contributed by atoms with Crippen LogP contribution < -0.4 is 5.73 Å². The molecular formula is C17H20ClNO3. The van der Waals surface area contributed by atoms with Crippen molar-refractivity contribution in [1.82, 2.24) is 0 Å². The molecule has 0 heterocycles. The van der Waals surface area contributed by atoms with Crippen molar-refractivity contribution in [2.45, 2.75) is 19.1 Å². The van der Waals surface area contributed by atoms with Crippen molar-refractivity contribution in [2.75, 3.05) is 6.61 Å². The number of halogens is 1. The molecule has 0 bridgehead atoms. The van der Waals surface area contributed by atoms with Crippen LogP contribution in [-0.4, -0.2) is 23.7 Å². The van der Waals surface area contributed by atoms with E-state index in [-0.39, 0.29) is 30.6 Å². The Kier molecular flexibility index (Phi) is 7.60. The quantitative estimate of drug-likeness (QED) is 0.822. The van der Waals surface area contributed by atoms with Crippen LogP contribution >= 0.6 is 12.4 Å². The van der Waals surface area contributed by atoms with E-state index in [1.54, 1.807) is 24.3 Å². The minimum atomic E-state index is -0.942. The van der Waals surface area contributed by atoms with Gasteiger partial charge in [-0.15, -0.1) is 12.4 Å². The van der Waals surface area contributed by atoms with Gasteiger partial charge in [-0.25, -0.2) is 4.79 Å². The molecule has 2 rings (SSSR count). The highest BCUT2D eigenvalue weighted by Crippen LogP contribution is 2.10. The fourth-order valence-corrected chi connectivity index (χ4v) is 2.15. The van der Waals surface area contributed by atoms with E-state index in [0.29, 0.717) is 12.2 Å². The summed E-state index contributed by atoms with van der Waals surface area (Å²) in [7, 11) is 0. The summed E-state index contributed by atoms with van der Waals surface area (Å²) in [5.41, 5.74) is 8.13. The van der Waals surface area contributed by atoms with Gasteiger partial charge in [-0.1, -0.05) is 48.5 Å². The minimum Gasteiger partial charge on any atom is -0.478 e. The second-order valence-electron chi connectivity index (χ2n) is 4.93. The zero-order valence-corrected chi connectivity index (χ0v) is 13.0. The smallest absolute Gasteiger partial charge is 0.336 e. The van der Waals surface area contributed by atoms with Crippen LogP contribution in [0.5, 0.6) is 0 Å². The highest BCUT2D eigenvalue weighted by molar-refractivity contribution is 5.89. The molecule has 4 nitrogen and oxygen atoms in total. The van der Waals surface area contributed by atoms with Gasteiger partial charge in [0.05, 0.1) is 18.8 Å². The van der Waals surface area contributed by atoms with Gasteiger partial charge in [-0.3, -0.25) is 0 Å². The first kappa shape index (κ1) is 18.2. The molecule has 0 radical (unpaired) electrons. The minimum absolute atomic E-state index is 0. The van der Waals surface area contributed by atoms with Crippen LogP contribution in [0, 0.1) is 0 Å². The number of carboxylic acid groups (broad SMARTS) is 1. The molecule has 118 valence electrons. The summed E-state index contributed by atoms with van der Waals surface area (Å²) in [5, 5.41) is 9.09. The predicted octanol–water partition coefficient (Wildman–Crippen LogP) is 2.89. The third-order valence-corrected chi connectivity index (χ3v) is 3.18. The number of aromatic carboxylic acids is 1. The lowest BCUT2D eigenvalue weighted by Crippen LogP contribution is -2.28. The maximum absolute atomic E-state index is 11.1. The van der Waals surface area contributed by atoms with Crippen LogP contribution in [0.25, 0.3) is 0 Å². The number of benzene rings is 2. The zero-order valence-electron chi connectivity index (χ0n) is 12.1. The summed E-state index contributed by atoms with van der Waals surface area (Å²) >= 11 is 0. The molecule has 0 spiro atoms. The van der Waals surface area contributed by atoms with Crippen LogP contribution in [0.1, 0.15) is 21.5 Å². The van der Waals surface area contributed by atoms with Crippen LogP contribution in [0.4, 0.5) is 0 Å². The molecule has 2 aromatic carbocycles. The normalized spacial score (nSPS) is 11.5. The third kappa shape index (κ3) is 5.48. The van der Waals surface area contributed by atoms with Gasteiger partial charge in [-0.05, 0) is 23.6 Å². The maximum Gasteiger partial charge on any atom is 0.336 e. The van der Waals surface area contributed by atoms with Crippen molar-refractivity contribution in [1.29, 1.82) is 0 Å². The number of carbonyl (C=O) groups is 1. The van der Waals surface area contributed by atoms with E-state index in [2.05, 4.69) is 0 Å². The van der Waals surface area contributed by atoms with Gasteiger partial charge in [-0.2, -0.15) is 0 Å². The molecule has 0 aromatic heterocycles. The van der Waals surface area contributed by atoms with Gasteiger partial charge < -0.3 is 15.6 Å². The second-order valence-corrected chi connectivity index (χ2v) is 4.93. The van der Waals surface area contributed by atoms with Crippen molar-refractivity contribution < 1.29 is 14.6 Å². The fraction of sp³-hybridized carbons (Fsp3) is 0.235. The van der Waals surface area contributed by atoms with E-state index in [1.165, 1.54) is 5.56 Å². The second kappa shape index (κ2) is 9.20. The SMILES string of the molecule is Cl.NC(COCc1ccccc1C(=O)O)Cc1ccccc1. The van der Waals surface area contributed by atoms with Crippen LogP contribution in [0.2, 0.25) is 0 Å². The first-order valence-electron chi connectivity index (χ1n) is 6.85. The average molecular weight is 322 g/mol. The summed E-state index contributed by atoms with van der Waals surface area (Å²) in [6, 6.07) is 16.7. The van der Waals surface area contributed by atoms with Crippen LogP contribution in [0.15, 0.2) is 54.6 Å². The Hall–Kier alpha value is -1.88. The molecule has 0 aliphatic rings. The number of rotatable bonds is 7. The molecule has 0 saturated carbocycles. The molecule has 22 heavy (non-hydrogen) atoms. The van der Waals surface area contributed by atoms with Crippen LogP contribution in [0.3, 0.4) is 0 Å². The van der Waals surface area contributed by atoms with Crippen molar-refractivity contribution in [3.8, 4) is 0 Å². The largest absolute Gasteiger partial charge is 0.478 e.